The van der Waals surface area contributed by atoms with Crippen LogP contribution in [0.1, 0.15) is 5.56 Å². The molecule has 0 fully saturated rings. The number of hydrogen-bond donors (Lipinski definition) is 3. The molecule has 1 atom stereocenters. The van der Waals surface area contributed by atoms with Crippen LogP contribution in [-0.4, -0.2) is 23.8 Å². The Balaban J connectivity index is 1.89. The molecular formula is C16H17FN2O2. The molecule has 21 heavy (non-hydrogen) atoms. The average molecular weight is 288 g/mol. The molecule has 0 spiro atoms. The number of benzene rings is 2. The smallest absolute Gasteiger partial charge is 0.319 e. The van der Waals surface area contributed by atoms with Crippen molar-refractivity contribution < 1.29 is 14.3 Å². The van der Waals surface area contributed by atoms with Crippen molar-refractivity contribution >= 4 is 11.7 Å². The van der Waals surface area contributed by atoms with Crippen molar-refractivity contribution in [3.8, 4) is 0 Å². The molecule has 0 aliphatic heterocycles. The van der Waals surface area contributed by atoms with E-state index in [0.29, 0.717) is 12.1 Å². The van der Waals surface area contributed by atoms with Crippen LogP contribution in [0.2, 0.25) is 0 Å². The van der Waals surface area contributed by atoms with Crippen molar-refractivity contribution in [1.82, 2.24) is 5.32 Å². The Morgan fingerprint density at radius 3 is 2.38 bits per heavy atom. The van der Waals surface area contributed by atoms with Gasteiger partial charge in [0.05, 0.1) is 12.6 Å². The number of carbonyl (C=O) groups excluding carboxylic acids is 1. The van der Waals surface area contributed by atoms with E-state index in [1.54, 1.807) is 24.3 Å². The number of anilines is 1. The Morgan fingerprint density at radius 1 is 1.10 bits per heavy atom. The molecular weight excluding hydrogens is 271 g/mol. The van der Waals surface area contributed by atoms with Gasteiger partial charge in [0.15, 0.2) is 0 Å². The van der Waals surface area contributed by atoms with E-state index in [2.05, 4.69) is 10.6 Å². The second-order valence-electron chi connectivity index (χ2n) is 4.67. The molecule has 0 aliphatic rings. The van der Waals surface area contributed by atoms with Gasteiger partial charge in [-0.3, -0.25) is 0 Å². The van der Waals surface area contributed by atoms with E-state index in [4.69, 9.17) is 0 Å². The van der Waals surface area contributed by atoms with E-state index in [9.17, 15) is 14.3 Å². The molecule has 2 rings (SSSR count). The van der Waals surface area contributed by atoms with Crippen molar-refractivity contribution in [3.63, 3.8) is 0 Å². The largest absolute Gasteiger partial charge is 0.394 e. The topological polar surface area (TPSA) is 61.4 Å². The summed E-state index contributed by atoms with van der Waals surface area (Å²) in [6.45, 7) is -0.195. The van der Waals surface area contributed by atoms with E-state index < -0.39 is 6.04 Å². The van der Waals surface area contributed by atoms with Gasteiger partial charge >= 0.3 is 6.03 Å². The van der Waals surface area contributed by atoms with Gasteiger partial charge in [0.2, 0.25) is 0 Å². The van der Waals surface area contributed by atoms with E-state index in [-0.39, 0.29) is 18.5 Å². The summed E-state index contributed by atoms with van der Waals surface area (Å²) in [6.07, 6.45) is 0.430. The SMILES string of the molecule is O=C(Nc1ccccc1)N[C@@H](CO)Cc1ccc(F)cc1. The zero-order chi connectivity index (χ0) is 15.1. The quantitative estimate of drug-likeness (QED) is 0.792. The summed E-state index contributed by atoms with van der Waals surface area (Å²) >= 11 is 0. The molecule has 2 aromatic carbocycles. The van der Waals surface area contributed by atoms with Gasteiger partial charge in [-0.15, -0.1) is 0 Å². The van der Waals surface area contributed by atoms with Crippen LogP contribution in [0, 0.1) is 5.82 Å². The molecule has 2 amide bonds. The van der Waals surface area contributed by atoms with Gasteiger partial charge in [-0.25, -0.2) is 9.18 Å². The van der Waals surface area contributed by atoms with Crippen LogP contribution < -0.4 is 10.6 Å². The monoisotopic (exact) mass is 288 g/mol. The normalized spacial score (nSPS) is 11.7. The summed E-state index contributed by atoms with van der Waals surface area (Å²) in [4.78, 5) is 11.8. The van der Waals surface area contributed by atoms with Crippen LogP contribution in [0.25, 0.3) is 0 Å². The van der Waals surface area contributed by atoms with Crippen molar-refractivity contribution in [2.45, 2.75) is 12.5 Å². The number of amides is 2. The predicted molar refractivity (Wildman–Crippen MR) is 79.6 cm³/mol. The zero-order valence-corrected chi connectivity index (χ0v) is 11.4. The fourth-order valence-corrected chi connectivity index (χ4v) is 1.94. The summed E-state index contributed by atoms with van der Waals surface area (Å²) in [5.74, 6) is -0.311. The maximum atomic E-state index is 12.8. The summed E-state index contributed by atoms with van der Waals surface area (Å²) in [5.41, 5.74) is 1.52. The third-order valence-corrected chi connectivity index (χ3v) is 2.98. The Kier molecular flexibility index (Phi) is 5.29. The first-order valence-corrected chi connectivity index (χ1v) is 6.65. The number of hydrogen-bond acceptors (Lipinski definition) is 2. The highest BCUT2D eigenvalue weighted by Crippen LogP contribution is 2.07. The molecule has 0 saturated heterocycles. The van der Waals surface area contributed by atoms with Gasteiger partial charge in [0.25, 0.3) is 0 Å². The lowest BCUT2D eigenvalue weighted by Crippen LogP contribution is -2.41. The van der Waals surface area contributed by atoms with Gasteiger partial charge in [-0.1, -0.05) is 30.3 Å². The standard InChI is InChI=1S/C16H17FN2O2/c17-13-8-6-12(7-9-13)10-15(11-20)19-16(21)18-14-4-2-1-3-5-14/h1-9,15,20H,10-11H2,(H2,18,19,21)/t15-/m1/s1. The van der Waals surface area contributed by atoms with Crippen molar-refractivity contribution in [3.05, 3.63) is 66.0 Å². The molecule has 2 aromatic rings. The maximum Gasteiger partial charge on any atom is 0.319 e. The second-order valence-corrected chi connectivity index (χ2v) is 4.67. The van der Waals surface area contributed by atoms with Crippen LogP contribution >= 0.6 is 0 Å². The third-order valence-electron chi connectivity index (χ3n) is 2.98. The Bertz CT molecular complexity index is 573. The number of aliphatic hydroxyl groups is 1. The van der Waals surface area contributed by atoms with Crippen molar-refractivity contribution in [2.24, 2.45) is 0 Å². The van der Waals surface area contributed by atoms with E-state index in [1.165, 1.54) is 12.1 Å². The molecule has 0 radical (unpaired) electrons. The summed E-state index contributed by atoms with van der Waals surface area (Å²) in [7, 11) is 0. The highest BCUT2D eigenvalue weighted by atomic mass is 19.1. The van der Waals surface area contributed by atoms with E-state index in [1.807, 2.05) is 18.2 Å². The highest BCUT2D eigenvalue weighted by molar-refractivity contribution is 5.89. The molecule has 4 nitrogen and oxygen atoms in total. The van der Waals surface area contributed by atoms with Crippen LogP contribution in [0.4, 0.5) is 14.9 Å². The van der Waals surface area contributed by atoms with Crippen LogP contribution in [-0.2, 0) is 6.42 Å². The summed E-state index contributed by atoms with van der Waals surface area (Å²) in [6, 6.07) is 14.2. The lowest BCUT2D eigenvalue weighted by molar-refractivity contribution is 0.224. The minimum Gasteiger partial charge on any atom is -0.394 e. The molecule has 3 N–H and O–H groups in total. The molecule has 0 saturated carbocycles. The Morgan fingerprint density at radius 2 is 1.76 bits per heavy atom. The Labute approximate surface area is 122 Å². The first-order chi connectivity index (χ1) is 10.2. The number of nitrogens with one attached hydrogen (secondary N) is 2. The minimum atomic E-state index is -0.431. The van der Waals surface area contributed by atoms with E-state index >= 15 is 0 Å². The second kappa shape index (κ2) is 7.40. The van der Waals surface area contributed by atoms with E-state index in [0.717, 1.165) is 5.56 Å². The molecule has 0 aliphatic carbocycles. The predicted octanol–water partition coefficient (Wildman–Crippen LogP) is 2.55. The van der Waals surface area contributed by atoms with Crippen LogP contribution in [0.3, 0.4) is 0 Å². The number of aliphatic hydroxyl groups excluding tert-OH is 1. The first-order valence-electron chi connectivity index (χ1n) is 6.65. The van der Waals surface area contributed by atoms with Crippen LogP contribution in [0.15, 0.2) is 54.6 Å². The molecule has 0 heterocycles. The number of rotatable bonds is 5. The zero-order valence-electron chi connectivity index (χ0n) is 11.4. The molecule has 5 heteroatoms. The molecule has 0 bridgehead atoms. The number of carbonyl (C=O) groups is 1. The number of halogens is 1. The fraction of sp³-hybridized carbons (Fsp3) is 0.188. The number of urea groups is 1. The average Bonchev–Trinajstić information content (AvgIpc) is 2.49. The molecule has 0 unspecified atom stereocenters. The lowest BCUT2D eigenvalue weighted by Gasteiger charge is -2.17. The van der Waals surface area contributed by atoms with Crippen molar-refractivity contribution in [1.29, 1.82) is 0 Å². The van der Waals surface area contributed by atoms with Gasteiger partial charge in [-0.05, 0) is 36.2 Å². The highest BCUT2D eigenvalue weighted by Gasteiger charge is 2.12. The first kappa shape index (κ1) is 15.0. The number of para-hydroxylation sites is 1. The lowest BCUT2D eigenvalue weighted by atomic mass is 10.1. The Hall–Kier alpha value is -2.40. The van der Waals surface area contributed by atoms with Gasteiger partial charge in [0, 0.05) is 5.69 Å². The maximum absolute atomic E-state index is 12.8. The van der Waals surface area contributed by atoms with Gasteiger partial charge in [0.1, 0.15) is 5.82 Å². The fourth-order valence-electron chi connectivity index (χ4n) is 1.94. The van der Waals surface area contributed by atoms with Gasteiger partial charge in [-0.2, -0.15) is 0 Å². The van der Waals surface area contributed by atoms with Crippen molar-refractivity contribution in [2.75, 3.05) is 11.9 Å². The van der Waals surface area contributed by atoms with Gasteiger partial charge < -0.3 is 15.7 Å². The minimum absolute atomic E-state index is 0.195. The summed E-state index contributed by atoms with van der Waals surface area (Å²) in [5, 5.41) is 14.7. The van der Waals surface area contributed by atoms with Crippen LogP contribution in [0.5, 0.6) is 0 Å². The molecule has 0 aromatic heterocycles. The molecule has 110 valence electrons. The third kappa shape index (κ3) is 4.89. The summed E-state index contributed by atoms with van der Waals surface area (Å²) < 4.78 is 12.8.